The van der Waals surface area contributed by atoms with Crippen LogP contribution in [0.1, 0.15) is 29.8 Å². The van der Waals surface area contributed by atoms with Crippen molar-refractivity contribution < 1.29 is 13.9 Å². The van der Waals surface area contributed by atoms with Crippen molar-refractivity contribution in [1.82, 2.24) is 5.32 Å². The largest absolute Gasteiger partial charge is 0.451 e. The average Bonchev–Trinajstić information content (AvgIpc) is 3.11. The van der Waals surface area contributed by atoms with Crippen molar-refractivity contribution in [3.8, 4) is 0 Å². The van der Waals surface area contributed by atoms with E-state index in [-0.39, 0.29) is 18.1 Å². The van der Waals surface area contributed by atoms with E-state index in [1.807, 2.05) is 0 Å². The van der Waals surface area contributed by atoms with E-state index in [1.54, 1.807) is 24.3 Å². The Morgan fingerprint density at radius 1 is 1.30 bits per heavy atom. The molecular formula is C15H16N2O3. The molecule has 2 fully saturated rings. The third-order valence-corrected chi connectivity index (χ3v) is 4.19. The van der Waals surface area contributed by atoms with E-state index >= 15 is 0 Å². The number of carbonyl (C=O) groups is 1. The fourth-order valence-corrected chi connectivity index (χ4v) is 3.20. The summed E-state index contributed by atoms with van der Waals surface area (Å²) in [6.45, 7) is 0. The van der Waals surface area contributed by atoms with Crippen molar-refractivity contribution in [2.24, 2.45) is 0 Å². The number of benzene rings is 1. The van der Waals surface area contributed by atoms with Gasteiger partial charge in [0.05, 0.1) is 18.2 Å². The second-order valence-corrected chi connectivity index (χ2v) is 5.60. The highest BCUT2D eigenvalue weighted by atomic mass is 16.5. The molecule has 20 heavy (non-hydrogen) atoms. The van der Waals surface area contributed by atoms with Crippen LogP contribution >= 0.6 is 0 Å². The minimum absolute atomic E-state index is 0.111. The number of hydrogen-bond donors (Lipinski definition) is 2. The van der Waals surface area contributed by atoms with Gasteiger partial charge >= 0.3 is 0 Å². The predicted octanol–water partition coefficient (Wildman–Crippen LogP) is 2.06. The van der Waals surface area contributed by atoms with E-state index in [0.717, 1.165) is 24.6 Å². The molecule has 2 aliphatic rings. The van der Waals surface area contributed by atoms with Gasteiger partial charge in [0, 0.05) is 11.1 Å². The first-order valence-electron chi connectivity index (χ1n) is 6.94. The molecule has 0 radical (unpaired) electrons. The molecule has 3 heterocycles. The van der Waals surface area contributed by atoms with Crippen LogP contribution in [0.15, 0.2) is 28.7 Å². The van der Waals surface area contributed by atoms with Crippen molar-refractivity contribution in [3.05, 3.63) is 30.0 Å². The number of carbonyl (C=O) groups excluding carboxylic acids is 1. The molecule has 4 rings (SSSR count). The van der Waals surface area contributed by atoms with Crippen LogP contribution < -0.4 is 11.1 Å². The summed E-state index contributed by atoms with van der Waals surface area (Å²) in [5.74, 6) is 0.147. The summed E-state index contributed by atoms with van der Waals surface area (Å²) in [4.78, 5) is 12.2. The van der Waals surface area contributed by atoms with Crippen LogP contribution in [0.2, 0.25) is 0 Å². The lowest BCUT2D eigenvalue weighted by molar-refractivity contribution is 0.0823. The van der Waals surface area contributed by atoms with E-state index < -0.39 is 0 Å². The first-order valence-corrected chi connectivity index (χ1v) is 6.94. The Morgan fingerprint density at radius 2 is 2.20 bits per heavy atom. The Balaban J connectivity index is 1.54. The van der Waals surface area contributed by atoms with Crippen molar-refractivity contribution in [1.29, 1.82) is 0 Å². The number of hydrogen-bond acceptors (Lipinski definition) is 4. The number of ether oxygens (including phenoxy) is 1. The molecule has 0 saturated carbocycles. The Hall–Kier alpha value is -2.01. The lowest BCUT2D eigenvalue weighted by Gasteiger charge is -2.19. The normalized spacial score (nSPS) is 28.1. The molecule has 2 aromatic rings. The average molecular weight is 272 g/mol. The van der Waals surface area contributed by atoms with Crippen LogP contribution in [0.25, 0.3) is 11.0 Å². The molecule has 2 saturated heterocycles. The fraction of sp³-hybridized carbons (Fsp3) is 0.400. The SMILES string of the molecule is Nc1ccc2oc(C(=O)NC3CC4CCC3O4)cc2c1. The van der Waals surface area contributed by atoms with Crippen molar-refractivity contribution in [3.63, 3.8) is 0 Å². The minimum Gasteiger partial charge on any atom is -0.451 e. The smallest absolute Gasteiger partial charge is 0.287 e. The number of nitrogens with two attached hydrogens (primary N) is 1. The summed E-state index contributed by atoms with van der Waals surface area (Å²) in [7, 11) is 0. The van der Waals surface area contributed by atoms with E-state index in [0.29, 0.717) is 23.1 Å². The van der Waals surface area contributed by atoms with Crippen molar-refractivity contribution >= 4 is 22.6 Å². The number of fused-ring (bicyclic) bond motifs is 3. The van der Waals surface area contributed by atoms with Gasteiger partial charge in [-0.1, -0.05) is 0 Å². The quantitative estimate of drug-likeness (QED) is 0.820. The maximum atomic E-state index is 12.2. The van der Waals surface area contributed by atoms with Gasteiger partial charge in [0.2, 0.25) is 0 Å². The number of furan rings is 1. The number of nitrogen functional groups attached to an aromatic ring is 1. The molecule has 3 unspecified atom stereocenters. The summed E-state index contributed by atoms with van der Waals surface area (Å²) in [5.41, 5.74) is 7.06. The molecule has 2 aliphatic heterocycles. The summed E-state index contributed by atoms with van der Waals surface area (Å²) in [6.07, 6.45) is 3.54. The second-order valence-electron chi connectivity index (χ2n) is 5.60. The van der Waals surface area contributed by atoms with Crippen LogP contribution in [-0.2, 0) is 4.74 Å². The molecule has 1 aromatic heterocycles. The number of anilines is 1. The summed E-state index contributed by atoms with van der Waals surface area (Å²) in [5, 5.41) is 3.86. The molecule has 5 nitrogen and oxygen atoms in total. The Kier molecular flexibility index (Phi) is 2.50. The van der Waals surface area contributed by atoms with Gasteiger partial charge in [-0.05, 0) is 43.5 Å². The highest BCUT2D eigenvalue weighted by Crippen LogP contribution is 2.34. The molecule has 5 heteroatoms. The third-order valence-electron chi connectivity index (χ3n) is 4.19. The van der Waals surface area contributed by atoms with E-state index in [4.69, 9.17) is 14.9 Å². The van der Waals surface area contributed by atoms with Crippen LogP contribution in [0.4, 0.5) is 5.69 Å². The summed E-state index contributed by atoms with van der Waals surface area (Å²) < 4.78 is 11.3. The van der Waals surface area contributed by atoms with Gasteiger partial charge in [-0.25, -0.2) is 0 Å². The zero-order chi connectivity index (χ0) is 13.7. The van der Waals surface area contributed by atoms with Gasteiger partial charge in [-0.15, -0.1) is 0 Å². The van der Waals surface area contributed by atoms with Crippen LogP contribution in [0, 0.1) is 0 Å². The van der Waals surface area contributed by atoms with E-state index in [9.17, 15) is 4.79 Å². The van der Waals surface area contributed by atoms with Crippen molar-refractivity contribution in [2.45, 2.75) is 37.5 Å². The molecular weight excluding hydrogens is 256 g/mol. The second kappa shape index (κ2) is 4.24. The highest BCUT2D eigenvalue weighted by molar-refractivity contribution is 5.96. The maximum absolute atomic E-state index is 12.2. The summed E-state index contributed by atoms with van der Waals surface area (Å²) in [6, 6.07) is 7.18. The van der Waals surface area contributed by atoms with Crippen molar-refractivity contribution in [2.75, 3.05) is 5.73 Å². The van der Waals surface area contributed by atoms with Crippen LogP contribution in [0.3, 0.4) is 0 Å². The predicted molar refractivity (Wildman–Crippen MR) is 74.4 cm³/mol. The topological polar surface area (TPSA) is 77.5 Å². The summed E-state index contributed by atoms with van der Waals surface area (Å²) >= 11 is 0. The maximum Gasteiger partial charge on any atom is 0.287 e. The van der Waals surface area contributed by atoms with Gasteiger partial charge in [-0.2, -0.15) is 0 Å². The van der Waals surface area contributed by atoms with Gasteiger partial charge in [0.1, 0.15) is 5.58 Å². The monoisotopic (exact) mass is 272 g/mol. The molecule has 1 amide bonds. The Morgan fingerprint density at radius 3 is 2.95 bits per heavy atom. The Bertz CT molecular complexity index is 679. The van der Waals surface area contributed by atoms with Gasteiger partial charge < -0.3 is 20.2 Å². The lowest BCUT2D eigenvalue weighted by Crippen LogP contribution is -2.41. The number of rotatable bonds is 2. The number of nitrogens with one attached hydrogen (secondary N) is 1. The van der Waals surface area contributed by atoms with Gasteiger partial charge in [-0.3, -0.25) is 4.79 Å². The standard InChI is InChI=1S/C15H16N2O3/c16-9-1-3-12-8(5-9)6-14(20-12)15(18)17-11-7-10-2-4-13(11)19-10/h1,3,5-6,10-11,13H,2,4,7,16H2,(H,17,18). The fourth-order valence-electron chi connectivity index (χ4n) is 3.20. The molecule has 2 bridgehead atoms. The van der Waals surface area contributed by atoms with Crippen LogP contribution in [-0.4, -0.2) is 24.2 Å². The zero-order valence-electron chi connectivity index (χ0n) is 11.0. The third kappa shape index (κ3) is 1.86. The molecule has 3 N–H and O–H groups in total. The van der Waals surface area contributed by atoms with E-state index in [2.05, 4.69) is 5.32 Å². The van der Waals surface area contributed by atoms with E-state index in [1.165, 1.54) is 0 Å². The first-order chi connectivity index (χ1) is 9.69. The lowest BCUT2D eigenvalue weighted by atomic mass is 9.95. The Labute approximate surface area is 116 Å². The molecule has 104 valence electrons. The zero-order valence-corrected chi connectivity index (χ0v) is 11.0. The molecule has 0 spiro atoms. The first kappa shape index (κ1) is 11.8. The van der Waals surface area contributed by atoms with Crippen LogP contribution in [0.5, 0.6) is 0 Å². The highest BCUT2D eigenvalue weighted by Gasteiger charge is 2.41. The minimum atomic E-state index is -0.180. The molecule has 3 atom stereocenters. The molecule has 0 aliphatic carbocycles. The van der Waals surface area contributed by atoms with Gasteiger partial charge in [0.25, 0.3) is 5.91 Å². The van der Waals surface area contributed by atoms with Gasteiger partial charge in [0.15, 0.2) is 5.76 Å². The molecule has 1 aromatic carbocycles. The number of amides is 1.